The van der Waals surface area contributed by atoms with Gasteiger partial charge in [-0.1, -0.05) is 49.6 Å². The van der Waals surface area contributed by atoms with Gasteiger partial charge in [-0.05, 0) is 31.2 Å². The van der Waals surface area contributed by atoms with Crippen molar-refractivity contribution in [3.8, 4) is 0 Å². The van der Waals surface area contributed by atoms with Crippen LogP contribution in [0.15, 0.2) is 30.3 Å². The third kappa shape index (κ3) is 3.30. The van der Waals surface area contributed by atoms with Crippen LogP contribution >= 0.6 is 0 Å². The highest BCUT2D eigenvalue weighted by Crippen LogP contribution is 2.34. The van der Waals surface area contributed by atoms with Gasteiger partial charge in [0.15, 0.2) is 0 Å². The molecule has 1 atom stereocenters. The second-order valence-corrected chi connectivity index (χ2v) is 7.52. The number of benzene rings is 1. The van der Waals surface area contributed by atoms with Crippen LogP contribution in [0.2, 0.25) is 0 Å². The number of rotatable bonds is 2. The summed E-state index contributed by atoms with van der Waals surface area (Å²) in [6, 6.07) is 10.5. The number of fused-ring (bicyclic) bond motifs is 1. The molecule has 1 aromatic carbocycles. The van der Waals surface area contributed by atoms with Crippen LogP contribution in [-0.2, 0) is 9.59 Å². The highest BCUT2D eigenvalue weighted by molar-refractivity contribution is 5.87. The van der Waals surface area contributed by atoms with Crippen molar-refractivity contribution in [2.75, 3.05) is 19.6 Å². The van der Waals surface area contributed by atoms with Crippen molar-refractivity contribution >= 4 is 11.8 Å². The van der Waals surface area contributed by atoms with Crippen molar-refractivity contribution in [1.82, 2.24) is 14.9 Å². The topological polar surface area (TPSA) is 43.9 Å². The van der Waals surface area contributed by atoms with E-state index in [4.69, 9.17) is 0 Å². The Morgan fingerprint density at radius 3 is 2.28 bits per heavy atom. The molecule has 1 aliphatic carbocycles. The first-order valence-corrected chi connectivity index (χ1v) is 9.65. The zero-order valence-electron chi connectivity index (χ0n) is 14.8. The molecule has 0 N–H and O–H groups in total. The standard InChI is InChI=1S/C20H27N3O2/c24-19-14-21(17-10-5-2-6-11-17)15-20(25)23-18(12-7-13-22(19)23)16-8-3-1-4-9-16/h1,3-4,8-9,17-18H,2,5-7,10-15H2. The van der Waals surface area contributed by atoms with Crippen molar-refractivity contribution in [2.24, 2.45) is 0 Å². The lowest BCUT2D eigenvalue weighted by Crippen LogP contribution is -2.54. The van der Waals surface area contributed by atoms with Crippen LogP contribution in [-0.4, -0.2) is 52.4 Å². The maximum Gasteiger partial charge on any atom is 0.255 e. The monoisotopic (exact) mass is 341 g/mol. The summed E-state index contributed by atoms with van der Waals surface area (Å²) < 4.78 is 0. The number of hydrogen-bond acceptors (Lipinski definition) is 3. The molecule has 1 aromatic rings. The average molecular weight is 341 g/mol. The molecule has 1 saturated carbocycles. The summed E-state index contributed by atoms with van der Waals surface area (Å²) in [5.74, 6) is 0.155. The van der Waals surface area contributed by atoms with E-state index in [1.165, 1.54) is 19.3 Å². The van der Waals surface area contributed by atoms with E-state index in [2.05, 4.69) is 17.0 Å². The second-order valence-electron chi connectivity index (χ2n) is 7.52. The first-order valence-electron chi connectivity index (χ1n) is 9.65. The predicted octanol–water partition coefficient (Wildman–Crippen LogP) is 2.74. The summed E-state index contributed by atoms with van der Waals surface area (Å²) in [4.78, 5) is 28.2. The third-order valence-electron chi connectivity index (χ3n) is 5.90. The van der Waals surface area contributed by atoms with E-state index < -0.39 is 0 Å². The number of carbonyl (C=O) groups is 2. The summed E-state index contributed by atoms with van der Waals surface area (Å²) in [5.41, 5.74) is 1.12. The van der Waals surface area contributed by atoms with E-state index in [0.29, 0.717) is 25.7 Å². The van der Waals surface area contributed by atoms with Crippen molar-refractivity contribution in [3.63, 3.8) is 0 Å². The Bertz CT molecular complexity index is 627. The molecule has 3 fully saturated rings. The molecule has 5 heteroatoms. The molecule has 0 aromatic heterocycles. The zero-order chi connectivity index (χ0) is 17.2. The quantitative estimate of drug-likeness (QED) is 0.831. The number of amides is 2. The fourth-order valence-electron chi connectivity index (χ4n) is 4.63. The lowest BCUT2D eigenvalue weighted by molar-refractivity contribution is -0.171. The van der Waals surface area contributed by atoms with Crippen molar-refractivity contribution < 1.29 is 9.59 Å². The van der Waals surface area contributed by atoms with Crippen molar-refractivity contribution in [2.45, 2.75) is 57.0 Å². The van der Waals surface area contributed by atoms with E-state index >= 15 is 0 Å². The maximum atomic E-state index is 13.1. The van der Waals surface area contributed by atoms with Crippen LogP contribution in [0.1, 0.15) is 56.6 Å². The Morgan fingerprint density at radius 1 is 0.800 bits per heavy atom. The van der Waals surface area contributed by atoms with Gasteiger partial charge in [-0.15, -0.1) is 0 Å². The number of carbonyl (C=O) groups excluding carboxylic acids is 2. The molecule has 2 saturated heterocycles. The highest BCUT2D eigenvalue weighted by Gasteiger charge is 2.41. The SMILES string of the molecule is O=C1CN(C2CCCCC2)CC(=O)N2C(c3ccccc3)CCCN12. The Hall–Kier alpha value is -1.88. The summed E-state index contributed by atoms with van der Waals surface area (Å²) in [7, 11) is 0. The smallest absolute Gasteiger partial charge is 0.255 e. The first kappa shape index (κ1) is 16.6. The number of nitrogens with zero attached hydrogens (tertiary/aromatic N) is 3. The second kappa shape index (κ2) is 7.16. The molecule has 0 radical (unpaired) electrons. The minimum atomic E-state index is -0.0160. The molecule has 5 nitrogen and oxygen atoms in total. The van der Waals surface area contributed by atoms with Gasteiger partial charge in [0, 0.05) is 12.6 Å². The molecule has 3 aliphatic rings. The fourth-order valence-corrected chi connectivity index (χ4v) is 4.63. The van der Waals surface area contributed by atoms with E-state index in [-0.39, 0.29) is 17.9 Å². The van der Waals surface area contributed by atoms with Gasteiger partial charge in [-0.2, -0.15) is 0 Å². The normalized spacial score (nSPS) is 26.5. The van der Waals surface area contributed by atoms with Crippen LogP contribution in [0.5, 0.6) is 0 Å². The van der Waals surface area contributed by atoms with Gasteiger partial charge < -0.3 is 0 Å². The van der Waals surface area contributed by atoms with Crippen LogP contribution in [0.4, 0.5) is 0 Å². The van der Waals surface area contributed by atoms with Gasteiger partial charge >= 0.3 is 0 Å². The van der Waals surface area contributed by atoms with Crippen molar-refractivity contribution in [3.05, 3.63) is 35.9 Å². The maximum absolute atomic E-state index is 13.1. The average Bonchev–Trinajstić information content (AvgIpc) is 2.80. The molecular formula is C20H27N3O2. The molecule has 0 spiro atoms. The number of hydrogen-bond donors (Lipinski definition) is 0. The van der Waals surface area contributed by atoms with E-state index in [1.54, 1.807) is 10.0 Å². The Labute approximate surface area is 149 Å². The largest absolute Gasteiger partial charge is 0.282 e. The summed E-state index contributed by atoms with van der Waals surface area (Å²) in [5, 5.41) is 3.50. The van der Waals surface area contributed by atoms with E-state index in [1.807, 2.05) is 18.2 Å². The molecule has 134 valence electrons. The van der Waals surface area contributed by atoms with Gasteiger partial charge in [0.25, 0.3) is 11.8 Å². The molecule has 4 rings (SSSR count). The molecule has 25 heavy (non-hydrogen) atoms. The first-order chi connectivity index (χ1) is 12.2. The van der Waals surface area contributed by atoms with Gasteiger partial charge in [0.1, 0.15) is 0 Å². The van der Waals surface area contributed by atoms with Crippen LogP contribution in [0.3, 0.4) is 0 Å². The Balaban J connectivity index is 1.60. The molecule has 2 amide bonds. The zero-order valence-corrected chi connectivity index (χ0v) is 14.8. The van der Waals surface area contributed by atoms with Crippen LogP contribution in [0.25, 0.3) is 0 Å². The van der Waals surface area contributed by atoms with E-state index in [9.17, 15) is 9.59 Å². The lowest BCUT2D eigenvalue weighted by Gasteiger charge is -2.43. The minimum absolute atomic E-state index is 0.0160. The number of hydrazine groups is 1. The molecule has 2 heterocycles. The van der Waals surface area contributed by atoms with Crippen molar-refractivity contribution in [1.29, 1.82) is 0 Å². The summed E-state index contributed by atoms with van der Waals surface area (Å²) in [6.45, 7) is 1.41. The molecular weight excluding hydrogens is 314 g/mol. The van der Waals surface area contributed by atoms with Gasteiger partial charge in [-0.3, -0.25) is 14.5 Å². The summed E-state index contributed by atoms with van der Waals surface area (Å²) in [6.07, 6.45) is 7.79. The Morgan fingerprint density at radius 2 is 1.52 bits per heavy atom. The molecule has 1 unspecified atom stereocenters. The highest BCUT2D eigenvalue weighted by atomic mass is 16.2. The Kier molecular flexibility index (Phi) is 4.75. The lowest BCUT2D eigenvalue weighted by atomic mass is 9.94. The van der Waals surface area contributed by atoms with Crippen LogP contribution < -0.4 is 0 Å². The van der Waals surface area contributed by atoms with Gasteiger partial charge in [0.05, 0.1) is 19.1 Å². The van der Waals surface area contributed by atoms with E-state index in [0.717, 1.165) is 31.2 Å². The summed E-state index contributed by atoms with van der Waals surface area (Å²) >= 11 is 0. The fraction of sp³-hybridized carbons (Fsp3) is 0.600. The van der Waals surface area contributed by atoms with Crippen LogP contribution in [0, 0.1) is 0 Å². The van der Waals surface area contributed by atoms with Gasteiger partial charge in [0.2, 0.25) is 0 Å². The molecule has 0 bridgehead atoms. The molecule has 2 aliphatic heterocycles. The predicted molar refractivity (Wildman–Crippen MR) is 95.4 cm³/mol. The minimum Gasteiger partial charge on any atom is -0.282 e. The third-order valence-corrected chi connectivity index (χ3v) is 5.90. The van der Waals surface area contributed by atoms with Gasteiger partial charge in [-0.25, -0.2) is 10.0 Å².